The summed E-state index contributed by atoms with van der Waals surface area (Å²) in [5.74, 6) is 1.55. The molecule has 0 unspecified atom stereocenters. The Morgan fingerprint density at radius 2 is 2.00 bits per heavy atom. The topological polar surface area (TPSA) is 92.8 Å². The molecule has 2 N–H and O–H groups in total. The number of piperazine rings is 1. The van der Waals surface area contributed by atoms with Crippen molar-refractivity contribution in [1.82, 2.24) is 10.3 Å². The lowest BCUT2D eigenvalue weighted by molar-refractivity contribution is -0.128. The van der Waals surface area contributed by atoms with Crippen LogP contribution < -0.4 is 25.0 Å². The van der Waals surface area contributed by atoms with Crippen LogP contribution in [0.15, 0.2) is 42.6 Å². The maximum absolute atomic E-state index is 12.6. The highest BCUT2D eigenvalue weighted by atomic mass is 16.6. The Balaban J connectivity index is 1.42. The highest BCUT2D eigenvalue weighted by Crippen LogP contribution is 2.33. The van der Waals surface area contributed by atoms with Crippen molar-refractivity contribution in [2.45, 2.75) is 19.1 Å². The Bertz CT molecular complexity index is 855. The summed E-state index contributed by atoms with van der Waals surface area (Å²) < 4.78 is 11.6. The van der Waals surface area contributed by atoms with Gasteiger partial charge in [0.25, 0.3) is 5.91 Å². The molecule has 8 nitrogen and oxygen atoms in total. The van der Waals surface area contributed by atoms with Crippen molar-refractivity contribution < 1.29 is 19.1 Å². The van der Waals surface area contributed by atoms with E-state index < -0.39 is 12.2 Å². The Kier molecular flexibility index (Phi) is 4.53. The SMILES string of the molecule is C[C@H]1Oc2ccccc2O[C@@H]1C(=O)Nc1ccc(N2CCNC(=O)C2)nc1. The monoisotopic (exact) mass is 368 g/mol. The van der Waals surface area contributed by atoms with Crippen molar-refractivity contribution in [3.8, 4) is 11.5 Å². The van der Waals surface area contributed by atoms with E-state index in [9.17, 15) is 9.59 Å². The van der Waals surface area contributed by atoms with Crippen LogP contribution in [0.25, 0.3) is 0 Å². The number of carbonyl (C=O) groups is 2. The van der Waals surface area contributed by atoms with E-state index in [1.807, 2.05) is 23.1 Å². The van der Waals surface area contributed by atoms with Crippen LogP contribution in [0.1, 0.15) is 6.92 Å². The van der Waals surface area contributed by atoms with Gasteiger partial charge in [0.05, 0.1) is 18.4 Å². The van der Waals surface area contributed by atoms with Crippen LogP contribution in [0.4, 0.5) is 11.5 Å². The zero-order valence-corrected chi connectivity index (χ0v) is 14.8. The fourth-order valence-corrected chi connectivity index (χ4v) is 3.10. The van der Waals surface area contributed by atoms with Gasteiger partial charge in [0.1, 0.15) is 11.9 Å². The van der Waals surface area contributed by atoms with Gasteiger partial charge in [0.2, 0.25) is 12.0 Å². The number of aromatic nitrogens is 1. The van der Waals surface area contributed by atoms with Crippen molar-refractivity contribution in [3.63, 3.8) is 0 Å². The van der Waals surface area contributed by atoms with Gasteiger partial charge in [-0.2, -0.15) is 0 Å². The molecule has 1 aromatic carbocycles. The smallest absolute Gasteiger partial charge is 0.269 e. The van der Waals surface area contributed by atoms with Crippen LogP contribution in [0.3, 0.4) is 0 Å². The molecule has 140 valence electrons. The molecule has 2 aliphatic heterocycles. The van der Waals surface area contributed by atoms with Gasteiger partial charge in [0.15, 0.2) is 11.5 Å². The minimum Gasteiger partial charge on any atom is -0.482 e. The zero-order valence-electron chi connectivity index (χ0n) is 14.8. The first-order valence-corrected chi connectivity index (χ1v) is 8.81. The molecular formula is C19H20N4O4. The molecule has 1 aromatic heterocycles. The van der Waals surface area contributed by atoms with Crippen LogP contribution in [-0.2, 0) is 9.59 Å². The van der Waals surface area contributed by atoms with E-state index in [4.69, 9.17) is 9.47 Å². The average molecular weight is 368 g/mol. The number of fused-ring (bicyclic) bond motifs is 1. The van der Waals surface area contributed by atoms with Crippen LogP contribution in [0.5, 0.6) is 11.5 Å². The second-order valence-corrected chi connectivity index (χ2v) is 6.47. The lowest BCUT2D eigenvalue weighted by Gasteiger charge is -2.31. The first-order chi connectivity index (χ1) is 13.1. The maximum Gasteiger partial charge on any atom is 0.269 e. The largest absolute Gasteiger partial charge is 0.482 e. The normalized spacial score (nSPS) is 21.4. The fourth-order valence-electron chi connectivity index (χ4n) is 3.10. The summed E-state index contributed by atoms with van der Waals surface area (Å²) in [6, 6.07) is 10.8. The molecule has 1 saturated heterocycles. The zero-order chi connectivity index (χ0) is 18.8. The number of pyridine rings is 1. The van der Waals surface area contributed by atoms with Crippen molar-refractivity contribution >= 4 is 23.3 Å². The third-order valence-electron chi connectivity index (χ3n) is 4.48. The van der Waals surface area contributed by atoms with Gasteiger partial charge in [-0.1, -0.05) is 12.1 Å². The van der Waals surface area contributed by atoms with Gasteiger partial charge in [-0.25, -0.2) is 4.98 Å². The molecule has 4 rings (SSSR count). The number of ether oxygens (including phenoxy) is 2. The van der Waals surface area contributed by atoms with Gasteiger partial charge in [-0.3, -0.25) is 9.59 Å². The van der Waals surface area contributed by atoms with Gasteiger partial charge < -0.3 is 25.0 Å². The summed E-state index contributed by atoms with van der Waals surface area (Å²) in [5.41, 5.74) is 0.555. The number of amides is 2. The van der Waals surface area contributed by atoms with Crippen LogP contribution in [0.2, 0.25) is 0 Å². The highest BCUT2D eigenvalue weighted by molar-refractivity contribution is 5.95. The Morgan fingerprint density at radius 3 is 2.70 bits per heavy atom. The Labute approximate surface area is 156 Å². The van der Waals surface area contributed by atoms with Gasteiger partial charge in [0, 0.05) is 13.1 Å². The minimum absolute atomic E-state index is 0.0239. The molecule has 0 bridgehead atoms. The predicted octanol–water partition coefficient (Wildman–Crippen LogP) is 1.18. The second kappa shape index (κ2) is 7.14. The van der Waals surface area contributed by atoms with E-state index in [1.54, 1.807) is 31.3 Å². The third-order valence-corrected chi connectivity index (χ3v) is 4.48. The van der Waals surface area contributed by atoms with Gasteiger partial charge in [-0.15, -0.1) is 0 Å². The number of carbonyl (C=O) groups excluding carboxylic acids is 2. The number of nitrogens with one attached hydrogen (secondary N) is 2. The van der Waals surface area contributed by atoms with Crippen molar-refractivity contribution in [2.24, 2.45) is 0 Å². The molecule has 27 heavy (non-hydrogen) atoms. The van der Waals surface area contributed by atoms with Crippen molar-refractivity contribution in [1.29, 1.82) is 0 Å². The van der Waals surface area contributed by atoms with Gasteiger partial charge in [-0.05, 0) is 31.2 Å². The van der Waals surface area contributed by atoms with E-state index in [0.29, 0.717) is 36.1 Å². The van der Waals surface area contributed by atoms with Crippen LogP contribution in [-0.4, -0.2) is 48.6 Å². The second-order valence-electron chi connectivity index (χ2n) is 6.47. The van der Waals surface area contributed by atoms with E-state index >= 15 is 0 Å². The lowest BCUT2D eigenvalue weighted by Crippen LogP contribution is -2.48. The summed E-state index contributed by atoms with van der Waals surface area (Å²) >= 11 is 0. The number of benzene rings is 1. The summed E-state index contributed by atoms with van der Waals surface area (Å²) in [5, 5.41) is 5.58. The van der Waals surface area contributed by atoms with E-state index in [2.05, 4.69) is 15.6 Å². The number of nitrogens with zero attached hydrogens (tertiary/aromatic N) is 2. The van der Waals surface area contributed by atoms with E-state index in [1.165, 1.54) is 0 Å². The summed E-state index contributed by atoms with van der Waals surface area (Å²) in [4.78, 5) is 30.3. The highest BCUT2D eigenvalue weighted by Gasteiger charge is 2.34. The first kappa shape index (κ1) is 17.1. The van der Waals surface area contributed by atoms with E-state index in [0.717, 1.165) is 0 Å². The minimum atomic E-state index is -0.759. The summed E-state index contributed by atoms with van der Waals surface area (Å²) in [7, 11) is 0. The number of para-hydroxylation sites is 2. The third kappa shape index (κ3) is 3.64. The fraction of sp³-hybridized carbons (Fsp3) is 0.316. The molecule has 0 radical (unpaired) electrons. The number of anilines is 2. The molecule has 2 atom stereocenters. The molecular weight excluding hydrogens is 348 g/mol. The summed E-state index contributed by atoms with van der Waals surface area (Å²) in [6.07, 6.45) is 0.395. The molecule has 2 amide bonds. The standard InChI is InChI=1S/C19H20N4O4/c1-12-18(27-15-5-3-2-4-14(15)26-12)19(25)22-13-6-7-16(21-10-13)23-9-8-20-17(24)11-23/h2-7,10,12,18H,8-9,11H2,1H3,(H,20,24)(H,22,25)/t12-,18+/m1/s1. The first-order valence-electron chi connectivity index (χ1n) is 8.81. The maximum atomic E-state index is 12.6. The quantitative estimate of drug-likeness (QED) is 0.845. The molecule has 0 saturated carbocycles. The van der Waals surface area contributed by atoms with Crippen molar-refractivity contribution in [3.05, 3.63) is 42.6 Å². The molecule has 8 heteroatoms. The van der Waals surface area contributed by atoms with Crippen LogP contribution in [0, 0.1) is 0 Å². The number of hydrogen-bond acceptors (Lipinski definition) is 6. The van der Waals surface area contributed by atoms with Crippen molar-refractivity contribution in [2.75, 3.05) is 29.9 Å². The average Bonchev–Trinajstić information content (AvgIpc) is 2.68. The van der Waals surface area contributed by atoms with Crippen LogP contribution >= 0.6 is 0 Å². The number of rotatable bonds is 3. The molecule has 0 aliphatic carbocycles. The van der Waals surface area contributed by atoms with Gasteiger partial charge >= 0.3 is 0 Å². The molecule has 2 aromatic rings. The molecule has 3 heterocycles. The molecule has 1 fully saturated rings. The Hall–Kier alpha value is -3.29. The lowest BCUT2D eigenvalue weighted by atomic mass is 10.1. The molecule has 2 aliphatic rings. The van der Waals surface area contributed by atoms with E-state index in [-0.39, 0.29) is 18.4 Å². The number of hydrogen-bond donors (Lipinski definition) is 2. The Morgan fingerprint density at radius 1 is 1.22 bits per heavy atom. The molecule has 0 spiro atoms. The summed E-state index contributed by atoms with van der Waals surface area (Å²) in [6.45, 7) is 3.37. The predicted molar refractivity (Wildman–Crippen MR) is 99.0 cm³/mol.